The molecule has 18 heavy (non-hydrogen) atoms. The summed E-state index contributed by atoms with van der Waals surface area (Å²) < 4.78 is 14.2. The molecule has 1 aliphatic carbocycles. The normalized spacial score (nSPS) is 26.3. The zero-order chi connectivity index (χ0) is 13.2. The predicted octanol–water partition coefficient (Wildman–Crippen LogP) is 4.15. The van der Waals surface area contributed by atoms with Crippen molar-refractivity contribution < 1.29 is 4.39 Å². The lowest BCUT2D eigenvalue weighted by molar-refractivity contribution is 0.494. The van der Waals surface area contributed by atoms with Crippen LogP contribution >= 0.6 is 11.6 Å². The second-order valence-corrected chi connectivity index (χ2v) is 5.65. The van der Waals surface area contributed by atoms with E-state index in [1.165, 1.54) is 0 Å². The van der Waals surface area contributed by atoms with E-state index in [1.807, 2.05) is 12.1 Å². The number of nitrogens with one attached hydrogen (secondary N) is 1. The Morgan fingerprint density at radius 1 is 1.44 bits per heavy atom. The van der Waals surface area contributed by atoms with E-state index in [0.717, 1.165) is 37.9 Å². The lowest BCUT2D eigenvalue weighted by Crippen LogP contribution is -2.30. The summed E-state index contributed by atoms with van der Waals surface area (Å²) in [4.78, 5) is 0. The van der Waals surface area contributed by atoms with E-state index < -0.39 is 0 Å². The van der Waals surface area contributed by atoms with Crippen molar-refractivity contribution in [2.45, 2.75) is 38.5 Å². The summed E-state index contributed by atoms with van der Waals surface area (Å²) in [5.41, 5.74) is 0.768. The van der Waals surface area contributed by atoms with E-state index >= 15 is 0 Å². The van der Waals surface area contributed by atoms with E-state index in [4.69, 9.17) is 11.6 Å². The third-order valence-corrected chi connectivity index (χ3v) is 4.37. The lowest BCUT2D eigenvalue weighted by Gasteiger charge is -2.20. The van der Waals surface area contributed by atoms with Crippen LogP contribution in [0.4, 0.5) is 4.39 Å². The molecule has 1 aromatic rings. The molecular weight excluding hydrogens is 249 g/mol. The molecule has 0 aliphatic heterocycles. The largest absolute Gasteiger partial charge is 0.316 e. The summed E-state index contributed by atoms with van der Waals surface area (Å²) in [5.74, 6) is 0.350. The van der Waals surface area contributed by atoms with Crippen molar-refractivity contribution in [3.63, 3.8) is 0 Å². The van der Waals surface area contributed by atoms with Crippen LogP contribution < -0.4 is 5.32 Å². The van der Waals surface area contributed by atoms with Gasteiger partial charge in [-0.2, -0.15) is 0 Å². The first-order chi connectivity index (χ1) is 8.65. The zero-order valence-corrected chi connectivity index (χ0v) is 11.9. The summed E-state index contributed by atoms with van der Waals surface area (Å²) in [5, 5.41) is 3.68. The van der Waals surface area contributed by atoms with Crippen LogP contribution in [0.1, 0.15) is 38.7 Å². The molecule has 0 saturated heterocycles. The van der Waals surface area contributed by atoms with Gasteiger partial charge in [-0.05, 0) is 36.9 Å². The van der Waals surface area contributed by atoms with Crippen LogP contribution in [0.25, 0.3) is 0 Å². The van der Waals surface area contributed by atoms with E-state index in [1.54, 1.807) is 6.07 Å². The number of rotatable bonds is 6. The van der Waals surface area contributed by atoms with Crippen LogP contribution in [0.15, 0.2) is 18.2 Å². The molecule has 3 heteroatoms. The van der Waals surface area contributed by atoms with Crippen molar-refractivity contribution >= 4 is 11.6 Å². The van der Waals surface area contributed by atoms with Crippen molar-refractivity contribution in [3.8, 4) is 0 Å². The van der Waals surface area contributed by atoms with Gasteiger partial charge in [-0.25, -0.2) is 4.39 Å². The van der Waals surface area contributed by atoms with E-state index in [9.17, 15) is 4.39 Å². The number of benzene rings is 1. The minimum Gasteiger partial charge on any atom is -0.316 e. The van der Waals surface area contributed by atoms with Crippen LogP contribution in [0, 0.1) is 11.7 Å². The Kier molecular flexibility index (Phi) is 4.29. The van der Waals surface area contributed by atoms with Crippen LogP contribution in [0.5, 0.6) is 0 Å². The van der Waals surface area contributed by atoms with Gasteiger partial charge < -0.3 is 5.32 Å². The van der Waals surface area contributed by atoms with Crippen LogP contribution in [0.3, 0.4) is 0 Å². The molecule has 1 aromatic carbocycles. The highest BCUT2D eigenvalue weighted by Crippen LogP contribution is 2.56. The molecule has 1 aliphatic rings. The highest BCUT2D eigenvalue weighted by molar-refractivity contribution is 6.30. The molecule has 1 fully saturated rings. The second kappa shape index (κ2) is 5.58. The molecule has 1 saturated carbocycles. The third-order valence-electron chi connectivity index (χ3n) is 4.08. The maximum absolute atomic E-state index is 14.2. The molecule has 0 radical (unpaired) electrons. The number of hydrogen-bond acceptors (Lipinski definition) is 1. The lowest BCUT2D eigenvalue weighted by atomic mass is 9.91. The Hall–Kier alpha value is -0.600. The predicted molar refractivity (Wildman–Crippen MR) is 74.6 cm³/mol. The zero-order valence-electron chi connectivity index (χ0n) is 11.1. The van der Waals surface area contributed by atoms with Crippen molar-refractivity contribution in [1.82, 2.24) is 5.32 Å². The van der Waals surface area contributed by atoms with Gasteiger partial charge >= 0.3 is 0 Å². The molecule has 0 bridgehead atoms. The van der Waals surface area contributed by atoms with Crippen molar-refractivity contribution in [1.29, 1.82) is 0 Å². The molecule has 2 rings (SSSR count). The molecule has 2 unspecified atom stereocenters. The van der Waals surface area contributed by atoms with Gasteiger partial charge in [-0.3, -0.25) is 0 Å². The average molecular weight is 270 g/mol. The van der Waals surface area contributed by atoms with Crippen molar-refractivity contribution in [2.24, 2.45) is 5.92 Å². The van der Waals surface area contributed by atoms with Crippen molar-refractivity contribution in [3.05, 3.63) is 34.6 Å². The third kappa shape index (κ3) is 2.41. The van der Waals surface area contributed by atoms with Gasteiger partial charge in [0.1, 0.15) is 5.82 Å². The molecule has 0 heterocycles. The first-order valence-electron chi connectivity index (χ1n) is 6.81. The topological polar surface area (TPSA) is 12.0 Å². The smallest absolute Gasteiger partial charge is 0.145 e. The summed E-state index contributed by atoms with van der Waals surface area (Å²) in [6, 6.07) is 5.37. The van der Waals surface area contributed by atoms with Gasteiger partial charge in [-0.1, -0.05) is 44.0 Å². The van der Waals surface area contributed by atoms with E-state index in [-0.39, 0.29) is 16.3 Å². The minimum atomic E-state index is -0.228. The molecule has 100 valence electrons. The Morgan fingerprint density at radius 3 is 2.83 bits per heavy atom. The summed E-state index contributed by atoms with van der Waals surface area (Å²) in [7, 11) is 0. The first-order valence-corrected chi connectivity index (χ1v) is 7.18. The van der Waals surface area contributed by atoms with Crippen LogP contribution in [-0.4, -0.2) is 13.1 Å². The summed E-state index contributed by atoms with van der Waals surface area (Å²) in [6.07, 6.45) is 3.27. The van der Waals surface area contributed by atoms with Gasteiger partial charge in [0.05, 0.1) is 5.02 Å². The van der Waals surface area contributed by atoms with Gasteiger partial charge in [0.25, 0.3) is 0 Å². The molecule has 2 atom stereocenters. The van der Waals surface area contributed by atoms with Gasteiger partial charge in [-0.15, -0.1) is 0 Å². The second-order valence-electron chi connectivity index (χ2n) is 5.24. The SMILES string of the molecule is CCCNCC1(c2cccc(Cl)c2F)CC1CC. The summed E-state index contributed by atoms with van der Waals surface area (Å²) in [6.45, 7) is 6.16. The standard InChI is InChI=1S/C15H21ClFN/c1-3-8-18-10-15(9-11(15)4-2)12-6-5-7-13(16)14(12)17/h5-7,11,18H,3-4,8-10H2,1-2H3. The maximum atomic E-state index is 14.2. The fourth-order valence-corrected chi connectivity index (χ4v) is 3.11. The Bertz CT molecular complexity index is 421. The molecule has 1 nitrogen and oxygen atoms in total. The van der Waals surface area contributed by atoms with Gasteiger partial charge in [0.15, 0.2) is 0 Å². The molecule has 0 spiro atoms. The maximum Gasteiger partial charge on any atom is 0.145 e. The molecule has 0 amide bonds. The van der Waals surface area contributed by atoms with E-state index in [2.05, 4.69) is 19.2 Å². The quantitative estimate of drug-likeness (QED) is 0.765. The first kappa shape index (κ1) is 13.8. The highest BCUT2D eigenvalue weighted by Gasteiger charge is 2.54. The Labute approximate surface area is 114 Å². The van der Waals surface area contributed by atoms with Gasteiger partial charge in [0.2, 0.25) is 0 Å². The molecule has 1 N–H and O–H groups in total. The number of hydrogen-bond donors (Lipinski definition) is 1. The minimum absolute atomic E-state index is 0.0289. The van der Waals surface area contributed by atoms with Crippen molar-refractivity contribution in [2.75, 3.05) is 13.1 Å². The van der Waals surface area contributed by atoms with Crippen LogP contribution in [0.2, 0.25) is 5.02 Å². The molecular formula is C15H21ClFN. The Morgan fingerprint density at radius 2 is 2.22 bits per heavy atom. The monoisotopic (exact) mass is 269 g/mol. The van der Waals surface area contributed by atoms with Crippen LogP contribution in [-0.2, 0) is 5.41 Å². The van der Waals surface area contributed by atoms with E-state index in [0.29, 0.717) is 5.92 Å². The fraction of sp³-hybridized carbons (Fsp3) is 0.600. The Balaban J connectivity index is 2.23. The van der Waals surface area contributed by atoms with Gasteiger partial charge in [0, 0.05) is 12.0 Å². The summed E-state index contributed by atoms with van der Waals surface area (Å²) >= 11 is 5.90. The average Bonchev–Trinajstić information content (AvgIpc) is 3.08. The molecule has 0 aromatic heterocycles. The fourth-order valence-electron chi connectivity index (χ4n) is 2.93. The number of halogens is 2. The highest BCUT2D eigenvalue weighted by atomic mass is 35.5.